The largest absolute Gasteiger partial charge is 0.481 e. The second kappa shape index (κ2) is 8.51. The summed E-state index contributed by atoms with van der Waals surface area (Å²) in [4.78, 5) is 14.6. The third-order valence-corrected chi connectivity index (χ3v) is 6.85. The number of sulfonamides is 1. The molecule has 28 heavy (non-hydrogen) atoms. The first-order valence-corrected chi connectivity index (χ1v) is 10.9. The number of rotatable bonds is 5. The monoisotopic (exact) mass is 422 g/mol. The van der Waals surface area contributed by atoms with Crippen LogP contribution in [0.1, 0.15) is 12.5 Å². The van der Waals surface area contributed by atoms with Gasteiger partial charge in [-0.15, -0.1) is 0 Å². The highest BCUT2D eigenvalue weighted by molar-refractivity contribution is 7.89. The molecule has 3 rings (SSSR count). The van der Waals surface area contributed by atoms with Gasteiger partial charge in [-0.2, -0.15) is 4.31 Å². The first-order valence-electron chi connectivity index (χ1n) is 9.05. The molecule has 6 nitrogen and oxygen atoms in total. The maximum absolute atomic E-state index is 12.8. The van der Waals surface area contributed by atoms with Crippen molar-refractivity contribution in [3.8, 4) is 5.75 Å². The van der Waals surface area contributed by atoms with E-state index in [1.54, 1.807) is 60.4 Å². The van der Waals surface area contributed by atoms with Gasteiger partial charge >= 0.3 is 0 Å². The van der Waals surface area contributed by atoms with Crippen molar-refractivity contribution in [3.63, 3.8) is 0 Å². The van der Waals surface area contributed by atoms with E-state index in [1.165, 1.54) is 4.31 Å². The van der Waals surface area contributed by atoms with Crippen molar-refractivity contribution >= 4 is 27.5 Å². The molecule has 0 aliphatic carbocycles. The van der Waals surface area contributed by atoms with Crippen LogP contribution in [0.25, 0.3) is 0 Å². The fourth-order valence-electron chi connectivity index (χ4n) is 3.03. The van der Waals surface area contributed by atoms with Crippen molar-refractivity contribution in [2.24, 2.45) is 0 Å². The maximum Gasteiger partial charge on any atom is 0.263 e. The molecule has 1 amide bonds. The van der Waals surface area contributed by atoms with Crippen LogP contribution in [0.2, 0.25) is 5.02 Å². The van der Waals surface area contributed by atoms with Gasteiger partial charge in [0.15, 0.2) is 6.10 Å². The molecule has 2 aromatic rings. The van der Waals surface area contributed by atoms with E-state index in [1.807, 2.05) is 6.92 Å². The Bertz CT molecular complexity index is 922. The van der Waals surface area contributed by atoms with Crippen LogP contribution < -0.4 is 4.74 Å². The fourth-order valence-corrected chi connectivity index (χ4v) is 4.58. The van der Waals surface area contributed by atoms with Crippen LogP contribution in [0.5, 0.6) is 5.75 Å². The molecular formula is C20H23ClN2O4S. The number of ether oxygens (including phenoxy) is 1. The summed E-state index contributed by atoms with van der Waals surface area (Å²) in [5.74, 6) is 0.396. The number of halogens is 1. The number of hydrogen-bond acceptors (Lipinski definition) is 4. The summed E-state index contributed by atoms with van der Waals surface area (Å²) in [5.41, 5.74) is 1.00. The highest BCUT2D eigenvalue weighted by atomic mass is 35.5. The van der Waals surface area contributed by atoms with E-state index >= 15 is 0 Å². The standard InChI is InChI=1S/C20H23ClN2O4S/c1-15-3-9-19(10-4-15)28(25,26)23-13-11-22(12-14-23)20(24)16(2)27-18-7-5-17(21)6-8-18/h3-10,16H,11-14H2,1-2H3/t16-/m1/s1. The van der Waals surface area contributed by atoms with Crippen molar-refractivity contribution in [2.45, 2.75) is 24.8 Å². The summed E-state index contributed by atoms with van der Waals surface area (Å²) >= 11 is 5.85. The predicted molar refractivity (Wildman–Crippen MR) is 108 cm³/mol. The third-order valence-electron chi connectivity index (χ3n) is 4.68. The predicted octanol–water partition coefficient (Wildman–Crippen LogP) is 2.95. The Morgan fingerprint density at radius 2 is 1.57 bits per heavy atom. The van der Waals surface area contributed by atoms with Crippen LogP contribution in [-0.2, 0) is 14.8 Å². The molecule has 8 heteroatoms. The summed E-state index contributed by atoms with van der Waals surface area (Å²) in [5, 5.41) is 0.595. The van der Waals surface area contributed by atoms with Gasteiger partial charge < -0.3 is 9.64 Å². The molecule has 0 aromatic heterocycles. The lowest BCUT2D eigenvalue weighted by Crippen LogP contribution is -2.53. The molecule has 0 N–H and O–H groups in total. The summed E-state index contributed by atoms with van der Waals surface area (Å²) in [7, 11) is -3.55. The zero-order valence-electron chi connectivity index (χ0n) is 15.8. The molecule has 0 bridgehead atoms. The molecule has 1 aliphatic heterocycles. The second-order valence-electron chi connectivity index (χ2n) is 6.76. The van der Waals surface area contributed by atoms with E-state index in [0.29, 0.717) is 23.9 Å². The van der Waals surface area contributed by atoms with Gasteiger partial charge in [0.1, 0.15) is 5.75 Å². The average molecular weight is 423 g/mol. The summed E-state index contributed by atoms with van der Waals surface area (Å²) in [6, 6.07) is 13.6. The van der Waals surface area contributed by atoms with Crippen molar-refractivity contribution < 1.29 is 17.9 Å². The van der Waals surface area contributed by atoms with Crippen LogP contribution in [-0.4, -0.2) is 55.8 Å². The number of hydrogen-bond donors (Lipinski definition) is 0. The topological polar surface area (TPSA) is 66.9 Å². The Hall–Kier alpha value is -2.09. The summed E-state index contributed by atoms with van der Waals surface area (Å²) in [6.45, 7) is 4.78. The number of carbonyl (C=O) groups excluding carboxylic acids is 1. The van der Waals surface area contributed by atoms with Gasteiger partial charge in [-0.25, -0.2) is 8.42 Å². The molecule has 1 saturated heterocycles. The van der Waals surface area contributed by atoms with Gasteiger partial charge in [-0.3, -0.25) is 4.79 Å². The van der Waals surface area contributed by atoms with Crippen molar-refractivity contribution in [3.05, 3.63) is 59.1 Å². The van der Waals surface area contributed by atoms with Gasteiger partial charge in [-0.05, 0) is 50.2 Å². The van der Waals surface area contributed by atoms with Gasteiger partial charge in [-0.1, -0.05) is 29.3 Å². The SMILES string of the molecule is Cc1ccc(S(=O)(=O)N2CCN(C(=O)[C@@H](C)Oc3ccc(Cl)cc3)CC2)cc1. The van der Waals surface area contributed by atoms with E-state index in [2.05, 4.69) is 0 Å². The van der Waals surface area contributed by atoms with E-state index < -0.39 is 16.1 Å². The molecule has 0 unspecified atom stereocenters. The Kier molecular flexibility index (Phi) is 6.27. The van der Waals surface area contributed by atoms with Crippen LogP contribution in [0.4, 0.5) is 0 Å². The van der Waals surface area contributed by atoms with Crippen LogP contribution in [0.15, 0.2) is 53.4 Å². The number of amides is 1. The Morgan fingerprint density at radius 3 is 2.14 bits per heavy atom. The zero-order valence-corrected chi connectivity index (χ0v) is 17.4. The molecular weight excluding hydrogens is 400 g/mol. The van der Waals surface area contributed by atoms with E-state index in [9.17, 15) is 13.2 Å². The molecule has 2 aromatic carbocycles. The molecule has 1 aliphatic rings. The number of piperazine rings is 1. The molecule has 1 atom stereocenters. The highest BCUT2D eigenvalue weighted by Crippen LogP contribution is 2.20. The minimum atomic E-state index is -3.55. The Morgan fingerprint density at radius 1 is 1.00 bits per heavy atom. The summed E-state index contributed by atoms with van der Waals surface area (Å²) in [6.07, 6.45) is -0.665. The smallest absolute Gasteiger partial charge is 0.263 e. The molecule has 0 saturated carbocycles. The van der Waals surface area contributed by atoms with Crippen molar-refractivity contribution in [2.75, 3.05) is 26.2 Å². The number of benzene rings is 2. The minimum absolute atomic E-state index is 0.165. The zero-order chi connectivity index (χ0) is 20.3. The maximum atomic E-state index is 12.8. The van der Waals surface area contributed by atoms with E-state index in [0.717, 1.165) is 5.56 Å². The first kappa shape index (κ1) is 20.6. The molecule has 150 valence electrons. The van der Waals surface area contributed by atoms with Crippen LogP contribution in [0.3, 0.4) is 0 Å². The quantitative estimate of drug-likeness (QED) is 0.743. The van der Waals surface area contributed by atoms with Gasteiger partial charge in [0, 0.05) is 31.2 Å². The number of carbonyl (C=O) groups is 1. The van der Waals surface area contributed by atoms with Crippen molar-refractivity contribution in [1.29, 1.82) is 0 Å². The molecule has 1 fully saturated rings. The van der Waals surface area contributed by atoms with Crippen LogP contribution >= 0.6 is 11.6 Å². The Labute approximate surface area is 170 Å². The number of nitrogens with zero attached hydrogens (tertiary/aromatic N) is 2. The number of aryl methyl sites for hydroxylation is 1. The first-order chi connectivity index (χ1) is 13.3. The Balaban J connectivity index is 1.58. The van der Waals surface area contributed by atoms with Gasteiger partial charge in [0.05, 0.1) is 4.90 Å². The fraction of sp³-hybridized carbons (Fsp3) is 0.350. The van der Waals surface area contributed by atoms with Gasteiger partial charge in [0.2, 0.25) is 10.0 Å². The lowest BCUT2D eigenvalue weighted by Gasteiger charge is -2.35. The highest BCUT2D eigenvalue weighted by Gasteiger charge is 2.31. The average Bonchev–Trinajstić information content (AvgIpc) is 2.69. The minimum Gasteiger partial charge on any atom is -0.481 e. The normalized spacial score (nSPS) is 16.6. The lowest BCUT2D eigenvalue weighted by molar-refractivity contribution is -0.139. The summed E-state index contributed by atoms with van der Waals surface area (Å²) < 4.78 is 32.6. The van der Waals surface area contributed by atoms with E-state index in [4.69, 9.17) is 16.3 Å². The molecule has 0 spiro atoms. The van der Waals surface area contributed by atoms with Gasteiger partial charge in [0.25, 0.3) is 5.91 Å². The van der Waals surface area contributed by atoms with Crippen LogP contribution in [0, 0.1) is 6.92 Å². The third kappa shape index (κ3) is 4.66. The molecule has 1 heterocycles. The second-order valence-corrected chi connectivity index (χ2v) is 9.13. The van der Waals surface area contributed by atoms with Crippen molar-refractivity contribution in [1.82, 2.24) is 9.21 Å². The lowest BCUT2D eigenvalue weighted by atomic mass is 10.2. The van der Waals surface area contributed by atoms with E-state index in [-0.39, 0.29) is 23.9 Å². The molecule has 0 radical (unpaired) electrons.